The molecule has 0 amide bonds. The molecule has 1 heterocycles. The second kappa shape index (κ2) is 3.94. The first-order chi connectivity index (χ1) is 8.02. The van der Waals surface area contributed by atoms with Crippen LogP contribution >= 0.6 is 0 Å². The Hall–Kier alpha value is -2.29. The molecular formula is C11H6F3N3. The molecule has 0 aliphatic carbocycles. The van der Waals surface area contributed by atoms with Crippen molar-refractivity contribution in [3.8, 4) is 11.8 Å². The van der Waals surface area contributed by atoms with E-state index in [4.69, 9.17) is 5.26 Å². The van der Waals surface area contributed by atoms with Gasteiger partial charge in [0.05, 0.1) is 23.1 Å². The molecule has 0 radical (unpaired) electrons. The molecule has 0 saturated carbocycles. The lowest BCUT2D eigenvalue weighted by Gasteiger charge is -2.10. The first-order valence-electron chi connectivity index (χ1n) is 4.62. The lowest BCUT2D eigenvalue weighted by molar-refractivity contribution is -0.137. The quantitative estimate of drug-likeness (QED) is 0.765. The topological polar surface area (TPSA) is 41.6 Å². The van der Waals surface area contributed by atoms with Crippen molar-refractivity contribution in [1.29, 1.82) is 5.26 Å². The third kappa shape index (κ3) is 2.13. The molecule has 0 saturated heterocycles. The summed E-state index contributed by atoms with van der Waals surface area (Å²) in [6.07, 6.45) is -0.169. The number of aromatic nitrogens is 2. The van der Waals surface area contributed by atoms with Crippen molar-refractivity contribution >= 4 is 0 Å². The predicted molar refractivity (Wildman–Crippen MR) is 53.3 cm³/mol. The van der Waals surface area contributed by atoms with Crippen LogP contribution < -0.4 is 0 Å². The van der Waals surface area contributed by atoms with E-state index in [1.54, 1.807) is 0 Å². The summed E-state index contributed by atoms with van der Waals surface area (Å²) >= 11 is 0. The second-order valence-electron chi connectivity index (χ2n) is 3.31. The maximum absolute atomic E-state index is 12.5. The van der Waals surface area contributed by atoms with E-state index in [-0.39, 0.29) is 11.3 Å². The minimum absolute atomic E-state index is 0.163. The molecule has 2 aromatic rings. The first-order valence-corrected chi connectivity index (χ1v) is 4.62. The molecular weight excluding hydrogens is 231 g/mol. The SMILES string of the molecule is N#Cc1ccc(C(F)(F)F)cc1-n1ccnc1. The lowest BCUT2D eigenvalue weighted by Crippen LogP contribution is -2.07. The molecule has 17 heavy (non-hydrogen) atoms. The minimum atomic E-state index is -4.43. The molecule has 86 valence electrons. The normalized spacial score (nSPS) is 11.2. The van der Waals surface area contributed by atoms with Crippen molar-refractivity contribution < 1.29 is 13.2 Å². The maximum atomic E-state index is 12.5. The zero-order valence-corrected chi connectivity index (χ0v) is 8.44. The summed E-state index contributed by atoms with van der Waals surface area (Å²) in [4.78, 5) is 3.74. The number of halogens is 3. The number of benzene rings is 1. The van der Waals surface area contributed by atoms with E-state index in [9.17, 15) is 13.2 Å². The average Bonchev–Trinajstić information content (AvgIpc) is 2.80. The number of nitrogens with zero attached hydrogens (tertiary/aromatic N) is 3. The number of hydrogen-bond donors (Lipinski definition) is 0. The Kier molecular flexibility index (Phi) is 2.60. The standard InChI is InChI=1S/C11H6F3N3/c12-11(13,14)9-2-1-8(6-15)10(5-9)17-4-3-16-7-17/h1-5,7H. The van der Waals surface area contributed by atoms with E-state index in [1.807, 2.05) is 6.07 Å². The molecule has 0 unspecified atom stereocenters. The molecule has 3 nitrogen and oxygen atoms in total. The fourth-order valence-electron chi connectivity index (χ4n) is 1.42. The summed E-state index contributed by atoms with van der Waals surface area (Å²) in [6, 6.07) is 4.82. The average molecular weight is 237 g/mol. The highest BCUT2D eigenvalue weighted by Crippen LogP contribution is 2.31. The van der Waals surface area contributed by atoms with Crippen molar-refractivity contribution in [2.45, 2.75) is 6.18 Å². The molecule has 2 rings (SSSR count). The number of imidazole rings is 1. The number of alkyl halides is 3. The van der Waals surface area contributed by atoms with Gasteiger partial charge >= 0.3 is 6.18 Å². The van der Waals surface area contributed by atoms with Crippen LogP contribution in [0.25, 0.3) is 5.69 Å². The first kappa shape index (κ1) is 11.2. The molecule has 0 spiro atoms. The third-order valence-corrected chi connectivity index (χ3v) is 2.23. The van der Waals surface area contributed by atoms with Crippen LogP contribution in [0.2, 0.25) is 0 Å². The molecule has 0 bridgehead atoms. The van der Waals surface area contributed by atoms with Crippen molar-refractivity contribution in [1.82, 2.24) is 9.55 Å². The zero-order chi connectivity index (χ0) is 12.5. The van der Waals surface area contributed by atoms with Gasteiger partial charge in [-0.1, -0.05) is 0 Å². The van der Waals surface area contributed by atoms with Crippen molar-refractivity contribution in [2.24, 2.45) is 0 Å². The number of hydrogen-bond acceptors (Lipinski definition) is 2. The monoisotopic (exact) mass is 237 g/mol. The molecule has 1 aromatic heterocycles. The van der Waals surface area contributed by atoms with Crippen molar-refractivity contribution in [3.63, 3.8) is 0 Å². The van der Waals surface area contributed by atoms with Gasteiger partial charge in [-0.15, -0.1) is 0 Å². The van der Waals surface area contributed by atoms with Crippen LogP contribution in [0.1, 0.15) is 11.1 Å². The zero-order valence-electron chi connectivity index (χ0n) is 8.44. The highest BCUT2D eigenvalue weighted by Gasteiger charge is 2.31. The Balaban J connectivity index is 2.61. The molecule has 0 atom stereocenters. The van der Waals surface area contributed by atoms with E-state index in [0.717, 1.165) is 18.2 Å². The molecule has 0 N–H and O–H groups in total. The van der Waals surface area contributed by atoms with Gasteiger partial charge < -0.3 is 4.57 Å². The Labute approximate surface area is 94.7 Å². The van der Waals surface area contributed by atoms with Crippen LogP contribution in [0, 0.1) is 11.3 Å². The molecule has 0 aliphatic heterocycles. The third-order valence-electron chi connectivity index (χ3n) is 2.23. The highest BCUT2D eigenvalue weighted by molar-refractivity contribution is 5.51. The fourth-order valence-corrected chi connectivity index (χ4v) is 1.42. The number of nitriles is 1. The van der Waals surface area contributed by atoms with E-state index >= 15 is 0 Å². The van der Waals surface area contributed by atoms with Crippen molar-refractivity contribution in [3.05, 3.63) is 48.0 Å². The lowest BCUT2D eigenvalue weighted by atomic mass is 10.1. The van der Waals surface area contributed by atoms with Gasteiger partial charge in [0.15, 0.2) is 0 Å². The van der Waals surface area contributed by atoms with Gasteiger partial charge in [-0.2, -0.15) is 18.4 Å². The Morgan fingerprint density at radius 3 is 2.59 bits per heavy atom. The van der Waals surface area contributed by atoms with Gasteiger partial charge in [-0.25, -0.2) is 4.98 Å². The molecule has 1 aromatic carbocycles. The van der Waals surface area contributed by atoms with Gasteiger partial charge in [-0.3, -0.25) is 0 Å². The van der Waals surface area contributed by atoms with Crippen LogP contribution in [0.5, 0.6) is 0 Å². The predicted octanol–water partition coefficient (Wildman–Crippen LogP) is 2.76. The van der Waals surface area contributed by atoms with E-state index < -0.39 is 11.7 Å². The maximum Gasteiger partial charge on any atom is 0.416 e. The van der Waals surface area contributed by atoms with E-state index in [0.29, 0.717) is 0 Å². The summed E-state index contributed by atoms with van der Waals surface area (Å²) in [5.41, 5.74) is -0.462. The highest BCUT2D eigenvalue weighted by atomic mass is 19.4. The van der Waals surface area contributed by atoms with E-state index in [1.165, 1.54) is 23.3 Å². The number of rotatable bonds is 1. The summed E-state index contributed by atoms with van der Waals surface area (Å²) in [7, 11) is 0. The summed E-state index contributed by atoms with van der Waals surface area (Å²) in [5.74, 6) is 0. The van der Waals surface area contributed by atoms with Gasteiger partial charge in [0, 0.05) is 12.4 Å². The van der Waals surface area contributed by atoms with Gasteiger partial charge in [0.25, 0.3) is 0 Å². The Morgan fingerprint density at radius 1 is 1.29 bits per heavy atom. The van der Waals surface area contributed by atoms with Gasteiger partial charge in [-0.05, 0) is 18.2 Å². The Bertz CT molecular complexity index is 565. The summed E-state index contributed by atoms with van der Waals surface area (Å²) < 4.78 is 39.0. The van der Waals surface area contributed by atoms with Crippen molar-refractivity contribution in [2.75, 3.05) is 0 Å². The molecule has 6 heteroatoms. The van der Waals surface area contributed by atoms with Gasteiger partial charge in [0.2, 0.25) is 0 Å². The summed E-state index contributed by atoms with van der Waals surface area (Å²) in [5, 5.41) is 8.85. The van der Waals surface area contributed by atoms with E-state index in [2.05, 4.69) is 4.98 Å². The van der Waals surface area contributed by atoms with Gasteiger partial charge in [0.1, 0.15) is 6.07 Å². The minimum Gasteiger partial charge on any atom is -0.305 e. The van der Waals surface area contributed by atoms with Crippen LogP contribution in [-0.2, 0) is 6.18 Å². The summed E-state index contributed by atoms with van der Waals surface area (Å²) in [6.45, 7) is 0. The molecule has 0 aliphatic rings. The van der Waals surface area contributed by atoms with Crippen LogP contribution in [0.15, 0.2) is 36.9 Å². The fraction of sp³-hybridized carbons (Fsp3) is 0.0909. The van der Waals surface area contributed by atoms with Crippen LogP contribution in [0.4, 0.5) is 13.2 Å². The second-order valence-corrected chi connectivity index (χ2v) is 3.31. The largest absolute Gasteiger partial charge is 0.416 e. The smallest absolute Gasteiger partial charge is 0.305 e. The molecule has 0 fully saturated rings. The van der Waals surface area contributed by atoms with Crippen LogP contribution in [0.3, 0.4) is 0 Å². The van der Waals surface area contributed by atoms with Crippen LogP contribution in [-0.4, -0.2) is 9.55 Å². The Morgan fingerprint density at radius 2 is 2.06 bits per heavy atom.